The molecule has 1 rings (SSSR count). The Kier molecular flexibility index (Phi) is 15.9. The summed E-state index contributed by atoms with van der Waals surface area (Å²) < 4.78 is 0. The van der Waals surface area contributed by atoms with Crippen LogP contribution in [-0.4, -0.2) is 6.04 Å². The minimum absolute atomic E-state index is 0.520. The van der Waals surface area contributed by atoms with Gasteiger partial charge in [-0.2, -0.15) is 0 Å². The van der Waals surface area contributed by atoms with E-state index >= 15 is 0 Å². The molecule has 0 spiro atoms. The zero-order valence-corrected chi connectivity index (χ0v) is 13.3. The van der Waals surface area contributed by atoms with Gasteiger partial charge < -0.3 is 5.73 Å². The highest BCUT2D eigenvalue weighted by atomic mass is 14.6. The summed E-state index contributed by atoms with van der Waals surface area (Å²) in [6, 6.07) is 0.520. The monoisotopic (exact) mass is 243 g/mol. The summed E-state index contributed by atoms with van der Waals surface area (Å²) in [5, 5.41) is 0. The van der Waals surface area contributed by atoms with Crippen molar-refractivity contribution in [3.05, 3.63) is 0 Å². The lowest BCUT2D eigenvalue weighted by molar-refractivity contribution is 0.348. The third-order valence-electron chi connectivity index (χ3n) is 3.20. The second kappa shape index (κ2) is 14.0. The third kappa shape index (κ3) is 16.0. The maximum absolute atomic E-state index is 5.70. The van der Waals surface area contributed by atoms with Gasteiger partial charge in [-0.1, -0.05) is 60.8 Å². The predicted octanol–water partition coefficient (Wildman–Crippen LogP) is 5.38. The number of rotatable bonds is 3. The fraction of sp³-hybridized carbons (Fsp3) is 1.00. The van der Waals surface area contributed by atoms with Crippen LogP contribution in [0.5, 0.6) is 0 Å². The summed E-state index contributed by atoms with van der Waals surface area (Å²) in [6.07, 6.45) is 9.34. The fourth-order valence-corrected chi connectivity index (χ4v) is 1.90. The van der Waals surface area contributed by atoms with Crippen LogP contribution in [0.15, 0.2) is 0 Å². The van der Waals surface area contributed by atoms with Crippen molar-refractivity contribution in [3.63, 3.8) is 0 Å². The van der Waals surface area contributed by atoms with Crippen LogP contribution in [0.4, 0.5) is 0 Å². The van der Waals surface area contributed by atoms with Gasteiger partial charge in [-0.15, -0.1) is 0 Å². The molecule has 0 heterocycles. The van der Waals surface area contributed by atoms with E-state index < -0.39 is 0 Å². The summed E-state index contributed by atoms with van der Waals surface area (Å²) in [5.74, 6) is 1.84. The average Bonchev–Trinajstić information content (AvgIpc) is 2.34. The van der Waals surface area contributed by atoms with Crippen molar-refractivity contribution in [3.8, 4) is 0 Å². The van der Waals surface area contributed by atoms with E-state index in [4.69, 9.17) is 5.73 Å². The molecular weight excluding hydrogens is 206 g/mol. The summed E-state index contributed by atoms with van der Waals surface area (Å²) in [4.78, 5) is 0. The van der Waals surface area contributed by atoms with Crippen molar-refractivity contribution in [2.45, 2.75) is 92.5 Å². The molecule has 0 radical (unpaired) electrons. The number of hydrogen-bond donors (Lipinski definition) is 1. The Morgan fingerprint density at radius 1 is 1.06 bits per heavy atom. The first-order chi connectivity index (χ1) is 8.06. The SMILES string of the molecule is CC.CC1CCC(N)CC1.CCCCC(C)C. The van der Waals surface area contributed by atoms with Gasteiger partial charge in [0.05, 0.1) is 0 Å². The van der Waals surface area contributed by atoms with Crippen LogP contribution in [0.2, 0.25) is 0 Å². The van der Waals surface area contributed by atoms with Gasteiger partial charge in [0.1, 0.15) is 0 Å². The molecule has 0 aromatic carbocycles. The van der Waals surface area contributed by atoms with Gasteiger partial charge in [0.15, 0.2) is 0 Å². The minimum Gasteiger partial charge on any atom is -0.328 e. The van der Waals surface area contributed by atoms with Crippen LogP contribution in [-0.2, 0) is 0 Å². The van der Waals surface area contributed by atoms with Crippen molar-refractivity contribution in [1.29, 1.82) is 0 Å². The fourth-order valence-electron chi connectivity index (χ4n) is 1.90. The third-order valence-corrected chi connectivity index (χ3v) is 3.20. The van der Waals surface area contributed by atoms with Gasteiger partial charge in [-0.3, -0.25) is 0 Å². The van der Waals surface area contributed by atoms with Crippen LogP contribution < -0.4 is 5.73 Å². The van der Waals surface area contributed by atoms with E-state index in [2.05, 4.69) is 27.7 Å². The molecule has 1 heteroatoms. The summed E-state index contributed by atoms with van der Waals surface area (Å²) in [7, 11) is 0. The molecule has 0 unspecified atom stereocenters. The zero-order chi connectivity index (χ0) is 13.7. The Balaban J connectivity index is 0. The molecule has 1 nitrogen and oxygen atoms in total. The minimum atomic E-state index is 0.520. The van der Waals surface area contributed by atoms with Gasteiger partial charge >= 0.3 is 0 Å². The van der Waals surface area contributed by atoms with Crippen molar-refractivity contribution in [1.82, 2.24) is 0 Å². The van der Waals surface area contributed by atoms with E-state index in [0.717, 1.165) is 11.8 Å². The van der Waals surface area contributed by atoms with E-state index in [1.165, 1.54) is 44.9 Å². The highest BCUT2D eigenvalue weighted by molar-refractivity contribution is 4.70. The van der Waals surface area contributed by atoms with Crippen LogP contribution in [0, 0.1) is 11.8 Å². The molecule has 0 aliphatic heterocycles. The Labute approximate surface area is 111 Å². The lowest BCUT2D eigenvalue weighted by atomic mass is 9.88. The smallest absolute Gasteiger partial charge is 0.00390 e. The van der Waals surface area contributed by atoms with Crippen LogP contribution >= 0.6 is 0 Å². The topological polar surface area (TPSA) is 26.0 Å². The van der Waals surface area contributed by atoms with Gasteiger partial charge in [0.25, 0.3) is 0 Å². The maximum atomic E-state index is 5.70. The first-order valence-corrected chi connectivity index (χ1v) is 7.81. The standard InChI is InChI=1S/C7H15N.C7H16.C2H6/c1-6-2-4-7(8)5-3-6;1-4-5-6-7(2)3;1-2/h6-7H,2-5,8H2,1H3;7H,4-6H2,1-3H3;1-2H3. The zero-order valence-electron chi connectivity index (χ0n) is 13.3. The van der Waals surface area contributed by atoms with E-state index in [9.17, 15) is 0 Å². The molecule has 0 saturated heterocycles. The number of nitrogens with two attached hydrogens (primary N) is 1. The molecule has 0 aromatic rings. The van der Waals surface area contributed by atoms with Crippen molar-refractivity contribution in [2.24, 2.45) is 17.6 Å². The first-order valence-electron chi connectivity index (χ1n) is 7.81. The van der Waals surface area contributed by atoms with Gasteiger partial charge in [-0.25, -0.2) is 0 Å². The summed E-state index contributed by atoms with van der Waals surface area (Å²) >= 11 is 0. The molecule has 1 fully saturated rings. The molecule has 17 heavy (non-hydrogen) atoms. The Hall–Kier alpha value is -0.0400. The largest absolute Gasteiger partial charge is 0.328 e. The van der Waals surface area contributed by atoms with Crippen LogP contribution in [0.1, 0.15) is 86.5 Å². The average molecular weight is 243 g/mol. The van der Waals surface area contributed by atoms with E-state index in [0.29, 0.717) is 6.04 Å². The second-order valence-corrected chi connectivity index (χ2v) is 5.56. The molecule has 1 aliphatic rings. The molecule has 0 aromatic heterocycles. The van der Waals surface area contributed by atoms with Crippen LogP contribution in [0.25, 0.3) is 0 Å². The first kappa shape index (κ1) is 19.3. The van der Waals surface area contributed by atoms with Gasteiger partial charge in [0.2, 0.25) is 0 Å². The normalized spacial score (nSPS) is 23.3. The molecule has 106 valence electrons. The molecule has 0 bridgehead atoms. The van der Waals surface area contributed by atoms with E-state index in [-0.39, 0.29) is 0 Å². The second-order valence-electron chi connectivity index (χ2n) is 5.56. The van der Waals surface area contributed by atoms with Gasteiger partial charge in [0, 0.05) is 6.04 Å². The van der Waals surface area contributed by atoms with E-state index in [1.54, 1.807) is 0 Å². The molecular formula is C16H37N. The molecule has 2 N–H and O–H groups in total. The van der Waals surface area contributed by atoms with E-state index in [1.807, 2.05) is 13.8 Å². The molecule has 1 aliphatic carbocycles. The van der Waals surface area contributed by atoms with Crippen LogP contribution in [0.3, 0.4) is 0 Å². The molecule has 0 atom stereocenters. The summed E-state index contributed by atoms with van der Waals surface area (Å²) in [5.41, 5.74) is 5.70. The van der Waals surface area contributed by atoms with Gasteiger partial charge in [-0.05, 0) is 37.5 Å². The Morgan fingerprint density at radius 3 is 1.76 bits per heavy atom. The quantitative estimate of drug-likeness (QED) is 0.707. The summed E-state index contributed by atoms with van der Waals surface area (Å²) in [6.45, 7) is 13.1. The lowest BCUT2D eigenvalue weighted by Gasteiger charge is -2.22. The lowest BCUT2D eigenvalue weighted by Crippen LogP contribution is -2.25. The number of hydrogen-bond acceptors (Lipinski definition) is 1. The van der Waals surface area contributed by atoms with Crippen molar-refractivity contribution in [2.75, 3.05) is 0 Å². The Morgan fingerprint density at radius 2 is 1.53 bits per heavy atom. The highest BCUT2D eigenvalue weighted by Gasteiger charge is 2.13. The predicted molar refractivity (Wildman–Crippen MR) is 81.3 cm³/mol. The molecule has 0 amide bonds. The highest BCUT2D eigenvalue weighted by Crippen LogP contribution is 2.21. The van der Waals surface area contributed by atoms with Crippen molar-refractivity contribution < 1.29 is 0 Å². The van der Waals surface area contributed by atoms with Crippen molar-refractivity contribution >= 4 is 0 Å². The molecule has 1 saturated carbocycles. The number of unbranched alkanes of at least 4 members (excludes halogenated alkanes) is 1. The maximum Gasteiger partial charge on any atom is 0.00390 e. The Bertz CT molecular complexity index is 113.